The summed E-state index contributed by atoms with van der Waals surface area (Å²) in [6, 6.07) is 7.21. The van der Waals surface area contributed by atoms with Crippen molar-refractivity contribution in [2.75, 3.05) is 5.73 Å². The molecule has 0 amide bonds. The van der Waals surface area contributed by atoms with Gasteiger partial charge in [0.2, 0.25) is 5.82 Å². The maximum absolute atomic E-state index is 5.90. The predicted octanol–water partition coefficient (Wildman–Crippen LogP) is 3.65. The number of nitrogen functional groups attached to an aromatic ring is 1. The Morgan fingerprint density at radius 3 is 2.71 bits per heavy atom. The van der Waals surface area contributed by atoms with Crippen LogP contribution in [0.25, 0.3) is 23.0 Å². The van der Waals surface area contributed by atoms with Gasteiger partial charge in [0.1, 0.15) is 5.69 Å². The minimum atomic E-state index is 0.384. The molecule has 0 atom stereocenters. The van der Waals surface area contributed by atoms with Gasteiger partial charge in [0.15, 0.2) is 0 Å². The normalized spacial score (nSPS) is 10.8. The van der Waals surface area contributed by atoms with Crippen LogP contribution in [-0.4, -0.2) is 15.1 Å². The molecule has 0 aliphatic heterocycles. The Balaban J connectivity index is 2.01. The highest BCUT2D eigenvalue weighted by atomic mass is 35.5. The summed E-state index contributed by atoms with van der Waals surface area (Å²) in [4.78, 5) is 8.73. The molecule has 0 fully saturated rings. The molecule has 5 nitrogen and oxygen atoms in total. The zero-order chi connectivity index (χ0) is 15.0. The van der Waals surface area contributed by atoms with Crippen molar-refractivity contribution in [3.8, 4) is 23.0 Å². The monoisotopic (exact) mass is 300 g/mol. The second-order valence-corrected chi connectivity index (χ2v) is 5.24. The van der Waals surface area contributed by atoms with Crippen LogP contribution in [-0.2, 0) is 0 Å². The van der Waals surface area contributed by atoms with Gasteiger partial charge < -0.3 is 10.3 Å². The third-order valence-electron chi connectivity index (χ3n) is 3.10. The van der Waals surface area contributed by atoms with Gasteiger partial charge in [-0.25, -0.2) is 0 Å². The van der Waals surface area contributed by atoms with Crippen LogP contribution in [0, 0.1) is 13.8 Å². The molecule has 1 aromatic carbocycles. The number of hydrogen-bond donors (Lipinski definition) is 1. The fourth-order valence-electron chi connectivity index (χ4n) is 2.06. The molecule has 106 valence electrons. The second kappa shape index (κ2) is 5.18. The smallest absolute Gasteiger partial charge is 0.258 e. The van der Waals surface area contributed by atoms with Crippen molar-refractivity contribution in [2.24, 2.45) is 0 Å². The van der Waals surface area contributed by atoms with E-state index in [4.69, 9.17) is 21.9 Å². The van der Waals surface area contributed by atoms with E-state index in [0.29, 0.717) is 28.1 Å². The van der Waals surface area contributed by atoms with Gasteiger partial charge in [0.05, 0.1) is 10.7 Å². The van der Waals surface area contributed by atoms with Gasteiger partial charge in [-0.2, -0.15) is 4.98 Å². The maximum atomic E-state index is 5.90. The first-order valence-corrected chi connectivity index (χ1v) is 6.75. The SMILES string of the molecule is Cc1cnc(-c2noc(-c3ccc(Cl)c(N)c3)n2)c(C)c1. The van der Waals surface area contributed by atoms with E-state index >= 15 is 0 Å². The van der Waals surface area contributed by atoms with E-state index in [2.05, 4.69) is 15.1 Å². The van der Waals surface area contributed by atoms with Crippen LogP contribution in [0.1, 0.15) is 11.1 Å². The van der Waals surface area contributed by atoms with Crippen molar-refractivity contribution in [1.29, 1.82) is 0 Å². The second-order valence-electron chi connectivity index (χ2n) is 4.84. The Bertz CT molecular complexity index is 813. The summed E-state index contributed by atoms with van der Waals surface area (Å²) in [6.45, 7) is 3.95. The molecule has 0 spiro atoms. The van der Waals surface area contributed by atoms with Gasteiger partial charge in [-0.3, -0.25) is 4.98 Å². The largest absolute Gasteiger partial charge is 0.398 e. The molecule has 2 aromatic heterocycles. The third kappa shape index (κ3) is 2.60. The molecule has 0 radical (unpaired) electrons. The predicted molar refractivity (Wildman–Crippen MR) is 81.9 cm³/mol. The Labute approximate surface area is 126 Å². The summed E-state index contributed by atoms with van der Waals surface area (Å²) in [7, 11) is 0. The minimum absolute atomic E-state index is 0.384. The highest BCUT2D eigenvalue weighted by molar-refractivity contribution is 6.33. The van der Waals surface area contributed by atoms with Gasteiger partial charge in [-0.1, -0.05) is 22.8 Å². The number of nitrogens with two attached hydrogens (primary N) is 1. The molecule has 2 heterocycles. The van der Waals surface area contributed by atoms with Gasteiger partial charge in [0, 0.05) is 11.8 Å². The van der Waals surface area contributed by atoms with Crippen LogP contribution >= 0.6 is 11.6 Å². The first-order chi connectivity index (χ1) is 10.0. The fourth-order valence-corrected chi connectivity index (χ4v) is 2.18. The quantitative estimate of drug-likeness (QED) is 0.731. The van der Waals surface area contributed by atoms with Gasteiger partial charge in [-0.15, -0.1) is 0 Å². The number of nitrogens with zero attached hydrogens (tertiary/aromatic N) is 3. The number of pyridine rings is 1. The Morgan fingerprint density at radius 1 is 1.19 bits per heavy atom. The average molecular weight is 301 g/mol. The van der Waals surface area contributed by atoms with Crippen LogP contribution in [0.3, 0.4) is 0 Å². The van der Waals surface area contributed by atoms with E-state index < -0.39 is 0 Å². The maximum Gasteiger partial charge on any atom is 0.258 e. The van der Waals surface area contributed by atoms with E-state index in [1.54, 1.807) is 24.4 Å². The van der Waals surface area contributed by atoms with Crippen LogP contribution in [0.5, 0.6) is 0 Å². The number of hydrogen-bond acceptors (Lipinski definition) is 5. The lowest BCUT2D eigenvalue weighted by Crippen LogP contribution is -1.91. The lowest BCUT2D eigenvalue weighted by atomic mass is 10.1. The molecule has 0 aliphatic rings. The number of aryl methyl sites for hydroxylation is 2. The van der Waals surface area contributed by atoms with Crippen LogP contribution in [0.4, 0.5) is 5.69 Å². The average Bonchev–Trinajstić information content (AvgIpc) is 2.91. The zero-order valence-electron chi connectivity index (χ0n) is 11.6. The highest BCUT2D eigenvalue weighted by Crippen LogP contribution is 2.27. The topological polar surface area (TPSA) is 77.8 Å². The zero-order valence-corrected chi connectivity index (χ0v) is 12.3. The Morgan fingerprint density at radius 2 is 2.00 bits per heavy atom. The molecule has 2 N–H and O–H groups in total. The van der Waals surface area contributed by atoms with E-state index in [9.17, 15) is 0 Å². The fraction of sp³-hybridized carbons (Fsp3) is 0.133. The van der Waals surface area contributed by atoms with Crippen LogP contribution < -0.4 is 5.73 Å². The molecular weight excluding hydrogens is 288 g/mol. The minimum Gasteiger partial charge on any atom is -0.398 e. The number of halogens is 1. The van der Waals surface area contributed by atoms with E-state index in [1.165, 1.54) is 0 Å². The van der Waals surface area contributed by atoms with Crippen LogP contribution in [0.2, 0.25) is 5.02 Å². The summed E-state index contributed by atoms with van der Waals surface area (Å²) < 4.78 is 5.29. The van der Waals surface area contributed by atoms with Gasteiger partial charge in [-0.05, 0) is 43.2 Å². The number of anilines is 1. The molecule has 21 heavy (non-hydrogen) atoms. The van der Waals surface area contributed by atoms with Crippen LogP contribution in [0.15, 0.2) is 35.0 Å². The Kier molecular flexibility index (Phi) is 3.35. The first-order valence-electron chi connectivity index (χ1n) is 6.37. The van der Waals surface area contributed by atoms with E-state index in [-0.39, 0.29) is 0 Å². The molecule has 0 aliphatic carbocycles. The lowest BCUT2D eigenvalue weighted by Gasteiger charge is -2.00. The highest BCUT2D eigenvalue weighted by Gasteiger charge is 2.14. The van der Waals surface area contributed by atoms with Gasteiger partial charge >= 0.3 is 0 Å². The molecule has 0 saturated heterocycles. The lowest BCUT2D eigenvalue weighted by molar-refractivity contribution is 0.432. The van der Waals surface area contributed by atoms with Crippen molar-refractivity contribution in [3.05, 3.63) is 46.6 Å². The number of aromatic nitrogens is 3. The summed E-state index contributed by atoms with van der Waals surface area (Å²) in [5, 5.41) is 4.48. The first kappa shape index (κ1) is 13.6. The summed E-state index contributed by atoms with van der Waals surface area (Å²) in [5.41, 5.74) is 9.77. The van der Waals surface area contributed by atoms with Crippen molar-refractivity contribution in [1.82, 2.24) is 15.1 Å². The number of benzene rings is 1. The van der Waals surface area contributed by atoms with Gasteiger partial charge in [0.25, 0.3) is 5.89 Å². The van der Waals surface area contributed by atoms with Crippen molar-refractivity contribution in [2.45, 2.75) is 13.8 Å². The van der Waals surface area contributed by atoms with E-state index in [1.807, 2.05) is 19.9 Å². The molecule has 0 bridgehead atoms. The summed E-state index contributed by atoms with van der Waals surface area (Å²) in [5.74, 6) is 0.839. The van der Waals surface area contributed by atoms with E-state index in [0.717, 1.165) is 16.7 Å². The van der Waals surface area contributed by atoms with Crippen molar-refractivity contribution < 1.29 is 4.52 Å². The molecule has 0 saturated carbocycles. The molecule has 0 unspecified atom stereocenters. The number of rotatable bonds is 2. The van der Waals surface area contributed by atoms with Crippen molar-refractivity contribution >= 4 is 17.3 Å². The molecular formula is C15H13ClN4O. The summed E-state index contributed by atoms with van der Waals surface area (Å²) in [6.07, 6.45) is 1.78. The molecule has 6 heteroatoms. The van der Waals surface area contributed by atoms with Crippen molar-refractivity contribution in [3.63, 3.8) is 0 Å². The standard InChI is InChI=1S/C15H13ClN4O/c1-8-5-9(2)13(18-7-8)14-19-15(21-20-14)10-3-4-11(16)12(17)6-10/h3-7H,17H2,1-2H3. The molecule has 3 aromatic rings. The Hall–Kier alpha value is -2.40. The summed E-state index contributed by atoms with van der Waals surface area (Å²) >= 11 is 5.90. The molecule has 3 rings (SSSR count). The third-order valence-corrected chi connectivity index (χ3v) is 3.44.